The van der Waals surface area contributed by atoms with Gasteiger partial charge in [0.2, 0.25) is 0 Å². The molecule has 0 saturated carbocycles. The Morgan fingerprint density at radius 3 is 2.76 bits per heavy atom. The SMILES string of the molecule is CCN1CCCC(COc2cc(-c3ccc(C#N)cc3)c(-c3cnc4c(c3)ncn4C)n3cncc23)C1. The molecule has 1 saturated heterocycles. The first-order valence-electron chi connectivity index (χ1n) is 12.8. The molecule has 5 heterocycles. The van der Waals surface area contributed by atoms with E-state index in [4.69, 9.17) is 9.72 Å². The molecule has 6 rings (SSSR count). The van der Waals surface area contributed by atoms with E-state index in [2.05, 4.69) is 44.4 Å². The molecule has 37 heavy (non-hydrogen) atoms. The van der Waals surface area contributed by atoms with Crippen molar-refractivity contribution in [1.29, 1.82) is 5.26 Å². The quantitative estimate of drug-likeness (QED) is 0.335. The lowest BCUT2D eigenvalue weighted by atomic mass is 9.98. The zero-order chi connectivity index (χ0) is 25.4. The molecule has 0 N–H and O–H groups in total. The number of imidazole rings is 2. The van der Waals surface area contributed by atoms with Gasteiger partial charge in [-0.25, -0.2) is 15.0 Å². The fraction of sp³-hybridized carbons (Fsp3) is 0.310. The molecule has 5 aromatic rings. The summed E-state index contributed by atoms with van der Waals surface area (Å²) in [4.78, 5) is 16.2. The number of nitriles is 1. The fourth-order valence-electron chi connectivity index (χ4n) is 5.34. The van der Waals surface area contributed by atoms with Gasteiger partial charge in [0.25, 0.3) is 0 Å². The largest absolute Gasteiger partial charge is 0.491 e. The van der Waals surface area contributed by atoms with E-state index in [1.165, 1.54) is 19.4 Å². The summed E-state index contributed by atoms with van der Waals surface area (Å²) in [6.07, 6.45) is 9.73. The smallest absolute Gasteiger partial charge is 0.159 e. The predicted octanol–water partition coefficient (Wildman–Crippen LogP) is 4.93. The van der Waals surface area contributed by atoms with Gasteiger partial charge in [-0.1, -0.05) is 19.1 Å². The van der Waals surface area contributed by atoms with E-state index in [1.54, 1.807) is 6.33 Å². The molecule has 8 heteroatoms. The Morgan fingerprint density at radius 2 is 1.95 bits per heavy atom. The lowest BCUT2D eigenvalue weighted by Gasteiger charge is -2.31. The molecule has 1 aliphatic rings. The molecule has 0 spiro atoms. The summed E-state index contributed by atoms with van der Waals surface area (Å²) in [5.74, 6) is 1.31. The van der Waals surface area contributed by atoms with Gasteiger partial charge in [0.1, 0.15) is 16.8 Å². The third-order valence-electron chi connectivity index (χ3n) is 7.34. The van der Waals surface area contributed by atoms with Crippen LogP contribution >= 0.6 is 0 Å². The van der Waals surface area contributed by atoms with Crippen LogP contribution in [0.25, 0.3) is 39.1 Å². The highest BCUT2D eigenvalue weighted by Gasteiger charge is 2.22. The number of rotatable bonds is 6. The number of piperidine rings is 1. The lowest BCUT2D eigenvalue weighted by Crippen LogP contribution is -2.37. The molecular weight excluding hydrogens is 462 g/mol. The first-order chi connectivity index (χ1) is 18.1. The maximum Gasteiger partial charge on any atom is 0.159 e. The van der Waals surface area contributed by atoms with Crippen LogP contribution in [-0.2, 0) is 7.05 Å². The molecule has 0 radical (unpaired) electrons. The average Bonchev–Trinajstić information content (AvgIpc) is 3.58. The fourth-order valence-corrected chi connectivity index (χ4v) is 5.34. The van der Waals surface area contributed by atoms with Gasteiger partial charge in [-0.05, 0) is 55.8 Å². The number of likely N-dealkylation sites (tertiary alicyclic amines) is 1. The number of aryl methyl sites for hydroxylation is 1. The number of ether oxygens (including phenoxy) is 1. The minimum atomic E-state index is 0.505. The molecule has 8 nitrogen and oxygen atoms in total. The molecule has 4 aromatic heterocycles. The number of aromatic nitrogens is 5. The van der Waals surface area contributed by atoms with E-state index >= 15 is 0 Å². The van der Waals surface area contributed by atoms with Gasteiger partial charge in [0.05, 0.1) is 42.8 Å². The molecule has 1 aromatic carbocycles. The van der Waals surface area contributed by atoms with Crippen LogP contribution in [-0.4, -0.2) is 55.1 Å². The Hall–Kier alpha value is -4.22. The van der Waals surface area contributed by atoms with Crippen molar-refractivity contribution < 1.29 is 4.74 Å². The Kier molecular flexibility index (Phi) is 6.07. The number of hydrogen-bond donors (Lipinski definition) is 0. The molecular formula is C29H29N7O. The third kappa shape index (κ3) is 4.32. The van der Waals surface area contributed by atoms with Crippen molar-refractivity contribution in [3.8, 4) is 34.2 Å². The number of pyridine rings is 2. The topological polar surface area (TPSA) is 84.3 Å². The molecule has 1 unspecified atom stereocenters. The summed E-state index contributed by atoms with van der Waals surface area (Å²) in [5.41, 5.74) is 7.07. The normalized spacial score (nSPS) is 16.3. The highest BCUT2D eigenvalue weighted by Crippen LogP contribution is 2.38. The third-order valence-corrected chi connectivity index (χ3v) is 7.34. The summed E-state index contributed by atoms with van der Waals surface area (Å²) in [6, 6.07) is 14.0. The van der Waals surface area contributed by atoms with Crippen LogP contribution in [0.2, 0.25) is 0 Å². The van der Waals surface area contributed by atoms with Crippen LogP contribution in [0.5, 0.6) is 5.75 Å². The zero-order valence-electron chi connectivity index (χ0n) is 21.1. The molecule has 0 bridgehead atoms. The molecule has 0 aliphatic carbocycles. The van der Waals surface area contributed by atoms with Gasteiger partial charge in [0, 0.05) is 36.8 Å². The molecule has 1 atom stereocenters. The van der Waals surface area contributed by atoms with E-state index in [1.807, 2.05) is 54.6 Å². The van der Waals surface area contributed by atoms with E-state index in [-0.39, 0.29) is 0 Å². The molecule has 0 amide bonds. The second kappa shape index (κ2) is 9.68. The highest BCUT2D eigenvalue weighted by molar-refractivity contribution is 5.88. The monoisotopic (exact) mass is 491 g/mol. The molecule has 1 aliphatic heterocycles. The Balaban J connectivity index is 1.47. The number of benzene rings is 1. The van der Waals surface area contributed by atoms with Gasteiger partial charge < -0.3 is 14.2 Å². The number of fused-ring (bicyclic) bond motifs is 2. The Bertz CT molecular complexity index is 1610. The summed E-state index contributed by atoms with van der Waals surface area (Å²) in [6.45, 7) is 6.22. The van der Waals surface area contributed by atoms with Gasteiger partial charge in [-0.2, -0.15) is 5.26 Å². The van der Waals surface area contributed by atoms with E-state index in [0.29, 0.717) is 18.1 Å². The average molecular weight is 492 g/mol. The van der Waals surface area contributed by atoms with Crippen LogP contribution in [0.4, 0.5) is 0 Å². The minimum absolute atomic E-state index is 0.505. The minimum Gasteiger partial charge on any atom is -0.491 e. The first-order valence-corrected chi connectivity index (χ1v) is 12.8. The van der Waals surface area contributed by atoms with Crippen LogP contribution in [0.15, 0.2) is 61.4 Å². The molecule has 1 fully saturated rings. The van der Waals surface area contributed by atoms with Crippen molar-refractivity contribution in [2.45, 2.75) is 19.8 Å². The van der Waals surface area contributed by atoms with E-state index in [0.717, 1.165) is 57.9 Å². The summed E-state index contributed by atoms with van der Waals surface area (Å²) >= 11 is 0. The van der Waals surface area contributed by atoms with Crippen molar-refractivity contribution in [3.05, 3.63) is 67.0 Å². The van der Waals surface area contributed by atoms with E-state index in [9.17, 15) is 5.26 Å². The van der Waals surface area contributed by atoms with Crippen molar-refractivity contribution >= 4 is 16.7 Å². The van der Waals surface area contributed by atoms with Crippen molar-refractivity contribution in [2.24, 2.45) is 13.0 Å². The van der Waals surface area contributed by atoms with Crippen LogP contribution in [0.3, 0.4) is 0 Å². The van der Waals surface area contributed by atoms with Gasteiger partial charge in [0.15, 0.2) is 5.65 Å². The maximum atomic E-state index is 9.32. The number of nitrogens with zero attached hydrogens (tertiary/aromatic N) is 7. The Morgan fingerprint density at radius 1 is 1.08 bits per heavy atom. The van der Waals surface area contributed by atoms with Crippen molar-refractivity contribution in [3.63, 3.8) is 0 Å². The number of hydrogen-bond acceptors (Lipinski definition) is 6. The van der Waals surface area contributed by atoms with Crippen molar-refractivity contribution in [2.75, 3.05) is 26.2 Å². The van der Waals surface area contributed by atoms with Gasteiger partial charge >= 0.3 is 0 Å². The summed E-state index contributed by atoms with van der Waals surface area (Å²) in [7, 11) is 1.94. The van der Waals surface area contributed by atoms with Crippen molar-refractivity contribution in [1.82, 2.24) is 28.8 Å². The predicted molar refractivity (Wildman–Crippen MR) is 143 cm³/mol. The summed E-state index contributed by atoms with van der Waals surface area (Å²) in [5, 5.41) is 9.32. The Labute approximate surface area is 215 Å². The van der Waals surface area contributed by atoms with E-state index < -0.39 is 0 Å². The highest BCUT2D eigenvalue weighted by atomic mass is 16.5. The van der Waals surface area contributed by atoms with Crippen LogP contribution in [0, 0.1) is 17.2 Å². The van der Waals surface area contributed by atoms with Gasteiger partial charge in [-0.15, -0.1) is 0 Å². The second-order valence-electron chi connectivity index (χ2n) is 9.74. The first kappa shape index (κ1) is 23.2. The van der Waals surface area contributed by atoms with Crippen LogP contribution < -0.4 is 4.74 Å². The molecule has 186 valence electrons. The maximum absolute atomic E-state index is 9.32. The standard InChI is InChI=1S/C29H29N7O/c1-3-35-10-4-5-21(16-35)17-37-27-12-24(22-8-6-20(13-30)7-9-22)28(36-18-31-15-26(27)36)23-11-25-29(32-14-23)34(2)19-33-25/h6-9,11-12,14-15,18-19,21H,3-5,10,16-17H2,1-2H3. The second-order valence-corrected chi connectivity index (χ2v) is 9.74. The lowest BCUT2D eigenvalue weighted by molar-refractivity contribution is 0.135. The zero-order valence-corrected chi connectivity index (χ0v) is 21.1. The van der Waals surface area contributed by atoms with Crippen LogP contribution in [0.1, 0.15) is 25.3 Å². The van der Waals surface area contributed by atoms with Gasteiger partial charge in [-0.3, -0.25) is 4.40 Å². The summed E-state index contributed by atoms with van der Waals surface area (Å²) < 4.78 is 10.5.